The maximum Gasteiger partial charge on any atom is 0.416 e. The molecule has 26 heavy (non-hydrogen) atoms. The molecule has 2 nitrogen and oxygen atoms in total. The molecular formula is C21H20F3NO. The molecule has 0 aliphatic carbocycles. The smallest absolute Gasteiger partial charge is 0.341 e. The van der Waals surface area contributed by atoms with Crippen LogP contribution in [-0.2, 0) is 11.6 Å². The van der Waals surface area contributed by atoms with E-state index in [1.807, 2.05) is 12.1 Å². The second kappa shape index (κ2) is 7.65. The van der Waals surface area contributed by atoms with Crippen LogP contribution in [-0.4, -0.2) is 12.5 Å². The molecule has 0 bridgehead atoms. The van der Waals surface area contributed by atoms with Crippen molar-refractivity contribution in [1.29, 1.82) is 0 Å². The van der Waals surface area contributed by atoms with E-state index in [9.17, 15) is 18.0 Å². The van der Waals surface area contributed by atoms with Crippen LogP contribution in [0.15, 0.2) is 48.5 Å². The van der Waals surface area contributed by atoms with Crippen molar-refractivity contribution in [1.82, 2.24) is 5.32 Å². The summed E-state index contributed by atoms with van der Waals surface area (Å²) in [4.78, 5) is 12.1. The van der Waals surface area contributed by atoms with Crippen LogP contribution in [0.5, 0.6) is 0 Å². The minimum atomic E-state index is -4.40. The predicted molar refractivity (Wildman–Crippen MR) is 95.8 cm³/mol. The maximum atomic E-state index is 12.6. The summed E-state index contributed by atoms with van der Waals surface area (Å²) in [6.07, 6.45) is -4.40. The van der Waals surface area contributed by atoms with Crippen LogP contribution >= 0.6 is 0 Å². The first-order chi connectivity index (χ1) is 12.1. The van der Waals surface area contributed by atoms with Crippen molar-refractivity contribution >= 4 is 5.91 Å². The van der Waals surface area contributed by atoms with Gasteiger partial charge in [-0.3, -0.25) is 4.79 Å². The molecule has 0 heterocycles. The minimum absolute atomic E-state index is 0.00539. The number of amides is 1. The van der Waals surface area contributed by atoms with Crippen molar-refractivity contribution < 1.29 is 18.0 Å². The fourth-order valence-corrected chi connectivity index (χ4v) is 2.27. The van der Waals surface area contributed by atoms with Crippen LogP contribution in [0, 0.1) is 11.8 Å². The van der Waals surface area contributed by atoms with Gasteiger partial charge >= 0.3 is 6.18 Å². The highest BCUT2D eigenvalue weighted by Gasteiger charge is 2.30. The molecule has 2 rings (SSSR count). The molecular weight excluding hydrogens is 339 g/mol. The molecule has 0 radical (unpaired) electrons. The predicted octanol–water partition coefficient (Wildman–Crippen LogP) is 4.78. The fraction of sp³-hybridized carbons (Fsp3) is 0.286. The Kier molecular flexibility index (Phi) is 5.76. The molecule has 0 fully saturated rings. The van der Waals surface area contributed by atoms with Gasteiger partial charge in [-0.05, 0) is 41.3 Å². The molecule has 2 aromatic carbocycles. The first-order valence-corrected chi connectivity index (χ1v) is 8.12. The summed E-state index contributed by atoms with van der Waals surface area (Å²) in [5, 5.41) is 2.64. The molecule has 2 aromatic rings. The van der Waals surface area contributed by atoms with E-state index in [0.717, 1.165) is 17.7 Å². The van der Waals surface area contributed by atoms with Gasteiger partial charge in [-0.25, -0.2) is 0 Å². The Morgan fingerprint density at radius 3 is 2.23 bits per heavy atom. The second-order valence-corrected chi connectivity index (χ2v) is 6.89. The third-order valence-corrected chi connectivity index (χ3v) is 3.77. The molecule has 0 spiro atoms. The zero-order valence-corrected chi connectivity index (χ0v) is 14.9. The van der Waals surface area contributed by atoms with Crippen molar-refractivity contribution in [3.05, 3.63) is 70.8 Å². The summed E-state index contributed by atoms with van der Waals surface area (Å²) in [5.41, 5.74) is 1.15. The number of hydrogen-bond acceptors (Lipinski definition) is 1. The molecule has 136 valence electrons. The van der Waals surface area contributed by atoms with Gasteiger partial charge in [0.1, 0.15) is 0 Å². The summed E-state index contributed by atoms with van der Waals surface area (Å²) in [5.74, 6) is 5.02. The molecule has 0 aliphatic heterocycles. The average Bonchev–Trinajstić information content (AvgIpc) is 2.57. The lowest BCUT2D eigenvalue weighted by Gasteiger charge is -2.18. The van der Waals surface area contributed by atoms with Gasteiger partial charge in [-0.1, -0.05) is 50.8 Å². The highest BCUT2D eigenvalue weighted by atomic mass is 19.4. The van der Waals surface area contributed by atoms with Crippen LogP contribution in [0.25, 0.3) is 0 Å². The Morgan fingerprint density at radius 2 is 1.65 bits per heavy atom. The van der Waals surface area contributed by atoms with Crippen molar-refractivity contribution in [2.24, 2.45) is 0 Å². The summed E-state index contributed by atoms with van der Waals surface area (Å²) in [6, 6.07) is 12.1. The minimum Gasteiger partial charge on any atom is -0.341 e. The van der Waals surface area contributed by atoms with Crippen LogP contribution in [0.3, 0.4) is 0 Å². The van der Waals surface area contributed by atoms with Gasteiger partial charge in [0.15, 0.2) is 0 Å². The average molecular weight is 359 g/mol. The molecule has 0 saturated heterocycles. The Bertz CT molecular complexity index is 835. The van der Waals surface area contributed by atoms with Crippen LogP contribution in [0.4, 0.5) is 13.2 Å². The number of nitrogens with one attached hydrogen (secondary N) is 1. The van der Waals surface area contributed by atoms with Gasteiger partial charge in [0.05, 0.1) is 12.1 Å². The first-order valence-electron chi connectivity index (χ1n) is 8.12. The largest absolute Gasteiger partial charge is 0.416 e. The number of rotatable bonds is 2. The van der Waals surface area contributed by atoms with Crippen molar-refractivity contribution in [2.45, 2.75) is 32.4 Å². The molecule has 1 amide bonds. The van der Waals surface area contributed by atoms with Crippen LogP contribution < -0.4 is 5.32 Å². The van der Waals surface area contributed by atoms with Gasteiger partial charge in [-0.15, -0.1) is 0 Å². The number of carbonyl (C=O) groups excluding carboxylic acids is 1. The highest BCUT2D eigenvalue weighted by Crippen LogP contribution is 2.29. The summed E-state index contributed by atoms with van der Waals surface area (Å²) >= 11 is 0. The van der Waals surface area contributed by atoms with E-state index >= 15 is 0 Å². The SMILES string of the molecule is CC(C)(C)c1ccc(C(=O)NCC#Cc2cccc(C(F)(F)F)c2)cc1. The summed E-state index contributed by atoms with van der Waals surface area (Å²) < 4.78 is 37.9. The molecule has 0 saturated carbocycles. The fourth-order valence-electron chi connectivity index (χ4n) is 2.27. The van der Waals surface area contributed by atoms with E-state index in [1.165, 1.54) is 12.1 Å². The molecule has 0 aromatic heterocycles. The number of halogens is 3. The molecule has 0 aliphatic rings. The molecule has 5 heteroatoms. The lowest BCUT2D eigenvalue weighted by Crippen LogP contribution is -2.23. The zero-order chi connectivity index (χ0) is 19.4. The Balaban J connectivity index is 1.96. The van der Waals surface area contributed by atoms with Gasteiger partial charge < -0.3 is 5.32 Å². The van der Waals surface area contributed by atoms with Gasteiger partial charge in [0.2, 0.25) is 0 Å². The summed E-state index contributed by atoms with van der Waals surface area (Å²) in [6.45, 7) is 6.32. The highest BCUT2D eigenvalue weighted by molar-refractivity contribution is 5.94. The van der Waals surface area contributed by atoms with Gasteiger partial charge in [0, 0.05) is 11.1 Å². The normalized spacial score (nSPS) is 11.5. The molecule has 0 atom stereocenters. The van der Waals surface area contributed by atoms with Crippen molar-refractivity contribution in [2.75, 3.05) is 6.54 Å². The third kappa shape index (κ3) is 5.38. The Morgan fingerprint density at radius 1 is 1.00 bits per heavy atom. The second-order valence-electron chi connectivity index (χ2n) is 6.89. The zero-order valence-electron chi connectivity index (χ0n) is 14.9. The van der Waals surface area contributed by atoms with E-state index in [0.29, 0.717) is 5.56 Å². The maximum absolute atomic E-state index is 12.6. The van der Waals surface area contributed by atoms with E-state index < -0.39 is 11.7 Å². The van der Waals surface area contributed by atoms with Gasteiger partial charge in [0.25, 0.3) is 5.91 Å². The molecule has 1 N–H and O–H groups in total. The number of carbonyl (C=O) groups is 1. The Hall–Kier alpha value is -2.74. The van der Waals surface area contributed by atoms with E-state index in [4.69, 9.17) is 0 Å². The lowest BCUT2D eigenvalue weighted by molar-refractivity contribution is -0.137. The van der Waals surface area contributed by atoms with E-state index in [2.05, 4.69) is 37.9 Å². The monoisotopic (exact) mass is 359 g/mol. The topological polar surface area (TPSA) is 29.1 Å². The third-order valence-electron chi connectivity index (χ3n) is 3.77. The first kappa shape index (κ1) is 19.6. The van der Waals surface area contributed by atoms with E-state index in [1.54, 1.807) is 12.1 Å². The Labute approximate surface area is 151 Å². The van der Waals surface area contributed by atoms with Crippen LogP contribution in [0.2, 0.25) is 0 Å². The molecule has 0 unspecified atom stereocenters. The van der Waals surface area contributed by atoms with Gasteiger partial charge in [-0.2, -0.15) is 13.2 Å². The quantitative estimate of drug-likeness (QED) is 0.768. The van der Waals surface area contributed by atoms with Crippen molar-refractivity contribution in [3.63, 3.8) is 0 Å². The van der Waals surface area contributed by atoms with Crippen molar-refractivity contribution in [3.8, 4) is 11.8 Å². The number of benzene rings is 2. The lowest BCUT2D eigenvalue weighted by atomic mass is 9.87. The number of alkyl halides is 3. The summed E-state index contributed by atoms with van der Waals surface area (Å²) in [7, 11) is 0. The number of hydrogen-bond donors (Lipinski definition) is 1. The standard InChI is InChI=1S/C21H20F3NO/c1-20(2,3)17-11-9-16(10-12-17)19(26)25-13-5-7-15-6-4-8-18(14-15)21(22,23)24/h4,6,8-12,14H,13H2,1-3H3,(H,25,26). The van der Waals surface area contributed by atoms with Crippen LogP contribution in [0.1, 0.15) is 47.8 Å². The van der Waals surface area contributed by atoms with E-state index in [-0.39, 0.29) is 23.4 Å².